The van der Waals surface area contributed by atoms with Crippen LogP contribution in [0.15, 0.2) is 42.6 Å². The highest BCUT2D eigenvalue weighted by Crippen LogP contribution is 2.39. The molecule has 0 spiro atoms. The summed E-state index contributed by atoms with van der Waals surface area (Å²) in [5.74, 6) is -0.318. The summed E-state index contributed by atoms with van der Waals surface area (Å²) in [5, 5.41) is 1.12. The van der Waals surface area contributed by atoms with E-state index in [0.29, 0.717) is 24.3 Å². The number of hydrogen-bond donors (Lipinski definition) is 1. The van der Waals surface area contributed by atoms with E-state index in [1.165, 1.54) is 24.3 Å². The molecule has 0 radical (unpaired) electrons. The standard InChI is InChI=1S/C23H26F4N2S/c1-14(2)12-29-13-16(11-28-30-15(3)4)18-9-21(24)19(10-22(18)29)17-7-5-6-8-20(17)23(25,26)27/h5-10,13-15,28H,11-12H2,1-4H3. The molecular formula is C23H26F4N2S. The molecule has 0 saturated heterocycles. The van der Waals surface area contributed by atoms with Crippen molar-refractivity contribution in [3.05, 3.63) is 59.5 Å². The van der Waals surface area contributed by atoms with Gasteiger partial charge < -0.3 is 4.57 Å². The third kappa shape index (κ3) is 5.01. The second-order valence-electron chi connectivity index (χ2n) is 8.08. The van der Waals surface area contributed by atoms with Gasteiger partial charge in [0.1, 0.15) is 5.82 Å². The lowest BCUT2D eigenvalue weighted by Crippen LogP contribution is -2.07. The van der Waals surface area contributed by atoms with E-state index in [1.807, 2.05) is 10.8 Å². The number of hydrogen-bond acceptors (Lipinski definition) is 2. The van der Waals surface area contributed by atoms with Gasteiger partial charge >= 0.3 is 6.18 Å². The smallest absolute Gasteiger partial charge is 0.347 e. The molecule has 162 valence electrons. The van der Waals surface area contributed by atoms with Gasteiger partial charge in [0.15, 0.2) is 0 Å². The van der Waals surface area contributed by atoms with Crippen LogP contribution in [-0.4, -0.2) is 9.82 Å². The molecule has 0 fully saturated rings. The van der Waals surface area contributed by atoms with Crippen molar-refractivity contribution in [2.45, 2.75) is 52.2 Å². The van der Waals surface area contributed by atoms with Crippen LogP contribution in [0.2, 0.25) is 0 Å². The predicted octanol–water partition coefficient (Wildman–Crippen LogP) is 7.27. The summed E-state index contributed by atoms with van der Waals surface area (Å²) < 4.78 is 60.9. The van der Waals surface area contributed by atoms with Crippen molar-refractivity contribution in [1.29, 1.82) is 0 Å². The Morgan fingerprint density at radius 1 is 1.03 bits per heavy atom. The van der Waals surface area contributed by atoms with E-state index < -0.39 is 17.6 Å². The van der Waals surface area contributed by atoms with E-state index in [-0.39, 0.29) is 11.1 Å². The Balaban J connectivity index is 2.14. The van der Waals surface area contributed by atoms with E-state index in [1.54, 1.807) is 18.0 Å². The first-order valence-electron chi connectivity index (χ1n) is 9.94. The first kappa shape index (κ1) is 22.7. The first-order chi connectivity index (χ1) is 14.1. The number of nitrogens with one attached hydrogen (secondary N) is 1. The Morgan fingerprint density at radius 2 is 1.73 bits per heavy atom. The van der Waals surface area contributed by atoms with Crippen LogP contribution in [0.1, 0.15) is 38.8 Å². The molecule has 0 saturated carbocycles. The van der Waals surface area contributed by atoms with E-state index >= 15 is 4.39 Å². The summed E-state index contributed by atoms with van der Waals surface area (Å²) in [6.07, 6.45) is -2.58. The van der Waals surface area contributed by atoms with Crippen LogP contribution in [0.3, 0.4) is 0 Å². The molecule has 3 rings (SSSR count). The van der Waals surface area contributed by atoms with Crippen LogP contribution >= 0.6 is 11.9 Å². The largest absolute Gasteiger partial charge is 0.417 e. The maximum Gasteiger partial charge on any atom is 0.417 e. The zero-order chi connectivity index (χ0) is 22.1. The lowest BCUT2D eigenvalue weighted by atomic mass is 9.97. The van der Waals surface area contributed by atoms with Crippen LogP contribution in [0.25, 0.3) is 22.0 Å². The van der Waals surface area contributed by atoms with E-state index in [4.69, 9.17) is 0 Å². The molecule has 7 heteroatoms. The summed E-state index contributed by atoms with van der Waals surface area (Å²) in [4.78, 5) is 0. The Morgan fingerprint density at radius 3 is 2.37 bits per heavy atom. The average molecular weight is 439 g/mol. The Bertz CT molecular complexity index is 1020. The highest BCUT2D eigenvalue weighted by Gasteiger charge is 2.34. The minimum absolute atomic E-state index is 0.0328. The summed E-state index contributed by atoms with van der Waals surface area (Å²) in [6, 6.07) is 8.05. The third-order valence-electron chi connectivity index (χ3n) is 4.72. The molecule has 1 N–H and O–H groups in total. The number of aromatic nitrogens is 1. The zero-order valence-corrected chi connectivity index (χ0v) is 18.3. The van der Waals surface area contributed by atoms with E-state index in [2.05, 4.69) is 32.4 Å². The van der Waals surface area contributed by atoms with Crippen LogP contribution in [0.4, 0.5) is 17.6 Å². The first-order valence-corrected chi connectivity index (χ1v) is 10.8. The number of nitrogens with zero attached hydrogens (tertiary/aromatic N) is 1. The predicted molar refractivity (Wildman–Crippen MR) is 117 cm³/mol. The molecule has 0 aliphatic rings. The van der Waals surface area contributed by atoms with Crippen molar-refractivity contribution in [3.63, 3.8) is 0 Å². The van der Waals surface area contributed by atoms with Crippen LogP contribution in [0.5, 0.6) is 0 Å². The van der Waals surface area contributed by atoms with Gasteiger partial charge in [-0.15, -0.1) is 0 Å². The molecule has 2 aromatic carbocycles. The third-order valence-corrected chi connectivity index (χ3v) is 5.50. The molecule has 0 bridgehead atoms. The van der Waals surface area contributed by atoms with Gasteiger partial charge in [-0.25, -0.2) is 4.39 Å². The SMILES string of the molecule is CC(C)Cn1cc(CNSC(C)C)c2cc(F)c(-c3ccccc3C(F)(F)F)cc21. The fourth-order valence-electron chi connectivity index (χ4n) is 3.53. The van der Waals surface area contributed by atoms with Crippen LogP contribution < -0.4 is 4.72 Å². The van der Waals surface area contributed by atoms with Gasteiger partial charge in [-0.1, -0.05) is 57.8 Å². The molecule has 1 heterocycles. The molecule has 0 aliphatic heterocycles. The van der Waals surface area contributed by atoms with Crippen molar-refractivity contribution in [2.75, 3.05) is 0 Å². The molecule has 0 atom stereocenters. The Kier molecular flexibility index (Phi) is 6.82. The van der Waals surface area contributed by atoms with Crippen LogP contribution in [-0.2, 0) is 19.3 Å². The fraction of sp³-hybridized carbons (Fsp3) is 0.391. The summed E-state index contributed by atoms with van der Waals surface area (Å²) in [6.45, 7) is 9.53. The van der Waals surface area contributed by atoms with Crippen molar-refractivity contribution in [2.24, 2.45) is 5.92 Å². The summed E-state index contributed by atoms with van der Waals surface area (Å²) in [7, 11) is 0. The topological polar surface area (TPSA) is 17.0 Å². The molecule has 3 aromatic rings. The average Bonchev–Trinajstić information content (AvgIpc) is 2.96. The number of benzene rings is 2. The normalized spacial score (nSPS) is 12.5. The van der Waals surface area contributed by atoms with Gasteiger partial charge in [0.25, 0.3) is 0 Å². The molecule has 0 amide bonds. The van der Waals surface area contributed by atoms with Gasteiger partial charge in [0, 0.05) is 41.0 Å². The molecule has 0 aliphatic carbocycles. The molecular weight excluding hydrogens is 412 g/mol. The zero-order valence-electron chi connectivity index (χ0n) is 17.5. The van der Waals surface area contributed by atoms with Crippen molar-refractivity contribution >= 4 is 22.9 Å². The van der Waals surface area contributed by atoms with Gasteiger partial charge in [-0.05, 0) is 35.2 Å². The highest BCUT2D eigenvalue weighted by atomic mass is 32.2. The lowest BCUT2D eigenvalue weighted by Gasteiger charge is -2.15. The van der Waals surface area contributed by atoms with Crippen LogP contribution in [0, 0.1) is 11.7 Å². The van der Waals surface area contributed by atoms with Gasteiger partial charge in [-0.3, -0.25) is 4.72 Å². The number of halogens is 4. The van der Waals surface area contributed by atoms with Gasteiger partial charge in [0.05, 0.1) is 5.56 Å². The van der Waals surface area contributed by atoms with Crippen molar-refractivity contribution in [3.8, 4) is 11.1 Å². The molecule has 1 aromatic heterocycles. The number of rotatable bonds is 7. The van der Waals surface area contributed by atoms with Crippen molar-refractivity contribution < 1.29 is 17.6 Å². The quantitative estimate of drug-likeness (QED) is 0.309. The van der Waals surface area contributed by atoms with Crippen molar-refractivity contribution in [1.82, 2.24) is 9.29 Å². The maximum absolute atomic E-state index is 15.1. The molecule has 0 unspecified atom stereocenters. The maximum atomic E-state index is 15.1. The second kappa shape index (κ2) is 9.02. The number of alkyl halides is 3. The lowest BCUT2D eigenvalue weighted by molar-refractivity contribution is -0.137. The Labute approximate surface area is 178 Å². The monoisotopic (exact) mass is 438 g/mol. The molecule has 30 heavy (non-hydrogen) atoms. The summed E-state index contributed by atoms with van der Waals surface area (Å²) in [5.41, 5.74) is 0.656. The Hall–Kier alpha value is -1.99. The highest BCUT2D eigenvalue weighted by molar-refractivity contribution is 7.97. The van der Waals surface area contributed by atoms with E-state index in [9.17, 15) is 13.2 Å². The second-order valence-corrected chi connectivity index (χ2v) is 9.55. The molecule has 2 nitrogen and oxygen atoms in total. The number of fused-ring (bicyclic) bond motifs is 1. The van der Waals surface area contributed by atoms with E-state index in [0.717, 1.165) is 22.5 Å². The fourth-order valence-corrected chi connectivity index (χ4v) is 4.10. The van der Waals surface area contributed by atoms with Gasteiger partial charge in [-0.2, -0.15) is 13.2 Å². The van der Waals surface area contributed by atoms with Gasteiger partial charge in [0.2, 0.25) is 0 Å². The minimum Gasteiger partial charge on any atom is -0.347 e. The summed E-state index contributed by atoms with van der Waals surface area (Å²) >= 11 is 1.59. The minimum atomic E-state index is -4.55.